The Kier molecular flexibility index (Phi) is 5.62. The molecule has 0 aliphatic rings. The van der Waals surface area contributed by atoms with Gasteiger partial charge < -0.3 is 10.4 Å². The summed E-state index contributed by atoms with van der Waals surface area (Å²) in [5, 5.41) is 16.6. The van der Waals surface area contributed by atoms with Gasteiger partial charge in [0.05, 0.1) is 23.7 Å². The van der Waals surface area contributed by atoms with Gasteiger partial charge in [-0.25, -0.2) is 4.68 Å². The van der Waals surface area contributed by atoms with Crippen LogP contribution in [0.25, 0.3) is 5.69 Å². The van der Waals surface area contributed by atoms with E-state index in [4.69, 9.17) is 16.7 Å². The van der Waals surface area contributed by atoms with Gasteiger partial charge in [0.2, 0.25) is 5.91 Å². The molecule has 2 aromatic rings. The van der Waals surface area contributed by atoms with Gasteiger partial charge in [-0.2, -0.15) is 5.10 Å². The van der Waals surface area contributed by atoms with Crippen LogP contribution >= 0.6 is 11.6 Å². The lowest BCUT2D eigenvalue weighted by Gasteiger charge is -2.09. The second kappa shape index (κ2) is 7.49. The molecule has 2 N–H and O–H groups in total. The van der Waals surface area contributed by atoms with Gasteiger partial charge in [0.15, 0.2) is 0 Å². The number of hydrogen-bond donors (Lipinski definition) is 2. The Labute approximate surface area is 145 Å². The van der Waals surface area contributed by atoms with Crippen LogP contribution in [0, 0.1) is 19.8 Å². The average Bonchev–Trinajstić information content (AvgIpc) is 2.81. The molecule has 0 saturated heterocycles. The van der Waals surface area contributed by atoms with Gasteiger partial charge in [0.25, 0.3) is 0 Å². The highest BCUT2D eigenvalue weighted by Crippen LogP contribution is 2.20. The van der Waals surface area contributed by atoms with Gasteiger partial charge in [0.1, 0.15) is 0 Å². The fourth-order valence-electron chi connectivity index (χ4n) is 2.34. The van der Waals surface area contributed by atoms with Crippen molar-refractivity contribution in [3.63, 3.8) is 0 Å². The molecule has 1 unspecified atom stereocenters. The fourth-order valence-corrected chi connectivity index (χ4v) is 2.47. The second-order valence-electron chi connectivity index (χ2n) is 5.76. The van der Waals surface area contributed by atoms with E-state index >= 15 is 0 Å². The zero-order chi connectivity index (χ0) is 17.9. The molecule has 1 atom stereocenters. The first-order chi connectivity index (χ1) is 11.3. The smallest absolute Gasteiger partial charge is 0.308 e. The minimum absolute atomic E-state index is 0.109. The summed E-state index contributed by atoms with van der Waals surface area (Å²) < 4.78 is 1.77. The van der Waals surface area contributed by atoms with Crippen molar-refractivity contribution in [3.05, 3.63) is 46.2 Å². The van der Waals surface area contributed by atoms with Crippen molar-refractivity contribution < 1.29 is 14.7 Å². The number of nitrogens with one attached hydrogen (secondary N) is 1. The topological polar surface area (TPSA) is 84.2 Å². The highest BCUT2D eigenvalue weighted by molar-refractivity contribution is 6.30. The number of rotatable bonds is 6. The summed E-state index contributed by atoms with van der Waals surface area (Å²) in [5.74, 6) is -1.77. The first-order valence-corrected chi connectivity index (χ1v) is 7.98. The normalized spacial score (nSPS) is 12.0. The van der Waals surface area contributed by atoms with Crippen LogP contribution in [-0.2, 0) is 16.0 Å². The number of aromatic nitrogens is 2. The lowest BCUT2D eigenvalue weighted by molar-refractivity contribution is -0.141. The van der Waals surface area contributed by atoms with Gasteiger partial charge >= 0.3 is 5.97 Å². The van der Waals surface area contributed by atoms with Crippen LogP contribution in [0.1, 0.15) is 23.9 Å². The highest BCUT2D eigenvalue weighted by atomic mass is 35.5. The van der Waals surface area contributed by atoms with Crippen molar-refractivity contribution in [3.8, 4) is 5.69 Å². The van der Waals surface area contributed by atoms with Crippen LogP contribution in [-0.4, -0.2) is 33.3 Å². The van der Waals surface area contributed by atoms with Crippen molar-refractivity contribution in [2.45, 2.75) is 27.2 Å². The first-order valence-electron chi connectivity index (χ1n) is 7.60. The Morgan fingerprint density at radius 1 is 1.29 bits per heavy atom. The van der Waals surface area contributed by atoms with E-state index in [0.29, 0.717) is 5.02 Å². The van der Waals surface area contributed by atoms with Crippen molar-refractivity contribution in [1.82, 2.24) is 15.1 Å². The summed E-state index contributed by atoms with van der Waals surface area (Å²) in [6.07, 6.45) is 0.164. The van der Waals surface area contributed by atoms with Gasteiger partial charge in [-0.1, -0.05) is 18.5 Å². The van der Waals surface area contributed by atoms with Gasteiger partial charge in [0, 0.05) is 22.8 Å². The molecule has 0 saturated carbocycles. The largest absolute Gasteiger partial charge is 0.481 e. The molecule has 128 valence electrons. The van der Waals surface area contributed by atoms with Crippen LogP contribution in [0.15, 0.2) is 24.3 Å². The van der Waals surface area contributed by atoms with E-state index in [1.807, 2.05) is 26.0 Å². The number of carboxylic acid groups (broad SMARTS) is 1. The molecular weight excluding hydrogens is 330 g/mol. The Morgan fingerprint density at radius 2 is 1.92 bits per heavy atom. The van der Waals surface area contributed by atoms with Crippen LogP contribution in [0.3, 0.4) is 0 Å². The molecule has 0 aliphatic heterocycles. The Balaban J connectivity index is 2.13. The van der Waals surface area contributed by atoms with Crippen LogP contribution in [0.4, 0.5) is 0 Å². The molecule has 0 fully saturated rings. The quantitative estimate of drug-likeness (QED) is 0.839. The van der Waals surface area contributed by atoms with Crippen LogP contribution in [0.5, 0.6) is 0 Å². The van der Waals surface area contributed by atoms with E-state index in [1.54, 1.807) is 23.7 Å². The maximum atomic E-state index is 12.1. The van der Waals surface area contributed by atoms with Gasteiger partial charge in [-0.15, -0.1) is 0 Å². The number of aliphatic carboxylic acids is 1. The minimum atomic E-state index is -0.932. The Bertz CT molecular complexity index is 753. The third-order valence-electron chi connectivity index (χ3n) is 3.88. The summed E-state index contributed by atoms with van der Waals surface area (Å²) in [5.41, 5.74) is 3.34. The maximum Gasteiger partial charge on any atom is 0.308 e. The number of carbonyl (C=O) groups excluding carboxylic acids is 1. The number of halogens is 1. The molecule has 0 bridgehead atoms. The van der Waals surface area contributed by atoms with E-state index in [9.17, 15) is 9.59 Å². The third kappa shape index (κ3) is 4.14. The molecule has 1 aromatic carbocycles. The molecule has 0 spiro atoms. The molecule has 0 radical (unpaired) electrons. The van der Waals surface area contributed by atoms with Gasteiger partial charge in [-0.3, -0.25) is 9.59 Å². The number of carbonyl (C=O) groups is 2. The molecule has 2 rings (SSSR count). The number of amides is 1. The Hall–Kier alpha value is -2.34. The van der Waals surface area contributed by atoms with Crippen LogP contribution in [0.2, 0.25) is 5.02 Å². The SMILES string of the molecule is Cc1nn(-c2ccc(Cl)cc2)c(C)c1CC(=O)NCC(C)C(=O)O. The molecule has 1 amide bonds. The molecule has 1 heterocycles. The summed E-state index contributed by atoms with van der Waals surface area (Å²) in [6.45, 7) is 5.41. The first kappa shape index (κ1) is 18.0. The van der Waals surface area contributed by atoms with E-state index < -0.39 is 11.9 Å². The average molecular weight is 350 g/mol. The summed E-state index contributed by atoms with van der Waals surface area (Å²) in [4.78, 5) is 22.9. The molecule has 6 nitrogen and oxygen atoms in total. The van der Waals surface area contributed by atoms with Gasteiger partial charge in [-0.05, 0) is 38.1 Å². The molecule has 1 aromatic heterocycles. The molecular formula is C17H20ClN3O3. The van der Waals surface area contributed by atoms with Crippen LogP contribution < -0.4 is 5.32 Å². The number of benzene rings is 1. The molecule has 7 heteroatoms. The number of aryl methyl sites for hydroxylation is 1. The maximum absolute atomic E-state index is 12.1. The predicted octanol–water partition coefficient (Wildman–Crippen LogP) is 2.52. The lowest BCUT2D eigenvalue weighted by atomic mass is 10.1. The monoisotopic (exact) mass is 349 g/mol. The van der Waals surface area contributed by atoms with E-state index in [-0.39, 0.29) is 18.9 Å². The number of nitrogens with zero attached hydrogens (tertiary/aromatic N) is 2. The minimum Gasteiger partial charge on any atom is -0.481 e. The van der Waals surface area contributed by atoms with Crippen molar-refractivity contribution in [1.29, 1.82) is 0 Å². The summed E-state index contributed by atoms with van der Waals surface area (Å²) in [6, 6.07) is 7.29. The fraction of sp³-hybridized carbons (Fsp3) is 0.353. The highest BCUT2D eigenvalue weighted by Gasteiger charge is 2.17. The lowest BCUT2D eigenvalue weighted by Crippen LogP contribution is -2.32. The van der Waals surface area contributed by atoms with E-state index in [0.717, 1.165) is 22.6 Å². The second-order valence-corrected chi connectivity index (χ2v) is 6.19. The standard InChI is InChI=1S/C17H20ClN3O3/c1-10(17(23)24)9-19-16(22)8-15-11(2)20-21(12(15)3)14-6-4-13(18)5-7-14/h4-7,10H,8-9H2,1-3H3,(H,19,22)(H,23,24). The summed E-state index contributed by atoms with van der Waals surface area (Å²) >= 11 is 5.90. The number of hydrogen-bond acceptors (Lipinski definition) is 3. The summed E-state index contributed by atoms with van der Waals surface area (Å²) in [7, 11) is 0. The zero-order valence-corrected chi connectivity index (χ0v) is 14.6. The van der Waals surface area contributed by atoms with Crippen molar-refractivity contribution in [2.24, 2.45) is 5.92 Å². The number of carboxylic acids is 1. The zero-order valence-electron chi connectivity index (χ0n) is 13.8. The predicted molar refractivity (Wildman–Crippen MR) is 91.6 cm³/mol. The van der Waals surface area contributed by atoms with Crippen molar-refractivity contribution >= 4 is 23.5 Å². The Morgan fingerprint density at radius 3 is 2.50 bits per heavy atom. The van der Waals surface area contributed by atoms with E-state index in [2.05, 4.69) is 10.4 Å². The van der Waals surface area contributed by atoms with Crippen molar-refractivity contribution in [2.75, 3.05) is 6.54 Å². The molecule has 24 heavy (non-hydrogen) atoms. The van der Waals surface area contributed by atoms with E-state index in [1.165, 1.54) is 0 Å². The third-order valence-corrected chi connectivity index (χ3v) is 4.13. The molecule has 0 aliphatic carbocycles.